The van der Waals surface area contributed by atoms with Gasteiger partial charge >= 0.3 is 11.8 Å². The molecule has 3 N–H and O–H groups in total. The number of hydrogen-bond acceptors (Lipinski definition) is 5. The quantitative estimate of drug-likeness (QED) is 0.402. The number of methoxy groups -OCH3 is 1. The van der Waals surface area contributed by atoms with Crippen LogP contribution in [0, 0.1) is 13.8 Å². The summed E-state index contributed by atoms with van der Waals surface area (Å²) in [4.78, 5) is 23.8. The summed E-state index contributed by atoms with van der Waals surface area (Å²) in [5.41, 5.74) is 5.20. The van der Waals surface area contributed by atoms with E-state index in [1.54, 1.807) is 18.2 Å². The number of rotatable bonds is 4. The van der Waals surface area contributed by atoms with Crippen molar-refractivity contribution in [2.45, 2.75) is 13.8 Å². The molecule has 2 aromatic carbocycles. The Morgan fingerprint density at radius 1 is 1.12 bits per heavy atom. The second kappa shape index (κ2) is 8.48. The van der Waals surface area contributed by atoms with E-state index in [1.807, 2.05) is 19.9 Å². The van der Waals surface area contributed by atoms with E-state index in [4.69, 9.17) is 4.74 Å². The van der Waals surface area contributed by atoms with Crippen LogP contribution in [0.1, 0.15) is 16.7 Å². The molecular formula is C18H18BrN3O4. The number of aryl methyl sites for hydroxylation is 2. The van der Waals surface area contributed by atoms with E-state index in [2.05, 4.69) is 31.8 Å². The molecule has 0 heterocycles. The predicted molar refractivity (Wildman–Crippen MR) is 103 cm³/mol. The van der Waals surface area contributed by atoms with Crippen LogP contribution >= 0.6 is 15.9 Å². The van der Waals surface area contributed by atoms with Crippen molar-refractivity contribution < 1.29 is 19.4 Å². The van der Waals surface area contributed by atoms with Crippen molar-refractivity contribution in [2.24, 2.45) is 5.10 Å². The first kappa shape index (κ1) is 19.5. The molecule has 2 rings (SSSR count). The fourth-order valence-electron chi connectivity index (χ4n) is 2.27. The molecule has 0 fully saturated rings. The van der Waals surface area contributed by atoms with Crippen LogP contribution in [0.15, 0.2) is 39.9 Å². The maximum atomic E-state index is 11.9. The fraction of sp³-hybridized carbons (Fsp3) is 0.167. The first-order chi connectivity index (χ1) is 12.3. The Balaban J connectivity index is 2.00. The molecule has 0 radical (unpaired) electrons. The molecule has 0 aliphatic carbocycles. The highest BCUT2D eigenvalue weighted by molar-refractivity contribution is 9.10. The molecule has 26 heavy (non-hydrogen) atoms. The number of aromatic hydroxyl groups is 1. The number of carbonyl (C=O) groups excluding carboxylic acids is 2. The van der Waals surface area contributed by atoms with Crippen LogP contribution in [-0.2, 0) is 9.59 Å². The summed E-state index contributed by atoms with van der Waals surface area (Å²) in [6, 6.07) is 8.61. The van der Waals surface area contributed by atoms with E-state index in [0.717, 1.165) is 11.1 Å². The Labute approximate surface area is 159 Å². The van der Waals surface area contributed by atoms with Crippen LogP contribution in [0.3, 0.4) is 0 Å². The number of nitrogens with one attached hydrogen (secondary N) is 2. The van der Waals surface area contributed by atoms with Gasteiger partial charge in [-0.3, -0.25) is 9.59 Å². The van der Waals surface area contributed by atoms with Crippen molar-refractivity contribution in [1.29, 1.82) is 0 Å². The molecule has 0 bridgehead atoms. The third-order valence-electron chi connectivity index (χ3n) is 3.34. The Hall–Kier alpha value is -2.87. The molecule has 0 spiro atoms. The van der Waals surface area contributed by atoms with Crippen LogP contribution in [0.5, 0.6) is 11.5 Å². The van der Waals surface area contributed by atoms with Gasteiger partial charge < -0.3 is 15.2 Å². The second-order valence-electron chi connectivity index (χ2n) is 5.58. The smallest absolute Gasteiger partial charge is 0.329 e. The van der Waals surface area contributed by atoms with Gasteiger partial charge in [0.2, 0.25) is 0 Å². The second-order valence-corrected chi connectivity index (χ2v) is 6.44. The number of hydrogen-bond donors (Lipinski definition) is 3. The molecule has 0 saturated carbocycles. The molecule has 2 amide bonds. The van der Waals surface area contributed by atoms with Gasteiger partial charge in [0.15, 0.2) is 11.5 Å². The van der Waals surface area contributed by atoms with Crippen molar-refractivity contribution in [3.05, 3.63) is 51.5 Å². The number of nitrogens with zero attached hydrogens (tertiary/aromatic N) is 1. The lowest BCUT2D eigenvalue weighted by molar-refractivity contribution is -0.136. The number of phenolic OH excluding ortho intramolecular Hbond substituents is 1. The molecule has 2 aromatic rings. The SMILES string of the molecule is COc1cc(/C=N/NC(=O)C(=O)Nc2cc(C)cc(C)c2)cc(Br)c1O. The van der Waals surface area contributed by atoms with Crippen molar-refractivity contribution in [2.75, 3.05) is 12.4 Å². The van der Waals surface area contributed by atoms with Crippen molar-refractivity contribution in [3.63, 3.8) is 0 Å². The summed E-state index contributed by atoms with van der Waals surface area (Å²) in [5.74, 6) is -1.51. The first-order valence-electron chi connectivity index (χ1n) is 7.59. The van der Waals surface area contributed by atoms with Gasteiger partial charge in [-0.05, 0) is 70.7 Å². The van der Waals surface area contributed by atoms with Crippen LogP contribution in [-0.4, -0.2) is 30.2 Å². The van der Waals surface area contributed by atoms with E-state index in [-0.39, 0.29) is 11.5 Å². The lowest BCUT2D eigenvalue weighted by Crippen LogP contribution is -2.32. The molecule has 0 saturated heterocycles. The number of hydrazone groups is 1. The molecule has 0 aliphatic heterocycles. The van der Waals surface area contributed by atoms with Crippen LogP contribution in [0.2, 0.25) is 0 Å². The van der Waals surface area contributed by atoms with E-state index in [0.29, 0.717) is 15.7 Å². The summed E-state index contributed by atoms with van der Waals surface area (Å²) in [5, 5.41) is 16.0. The summed E-state index contributed by atoms with van der Waals surface area (Å²) < 4.78 is 5.44. The van der Waals surface area contributed by atoms with Gasteiger partial charge in [0.1, 0.15) is 0 Å². The largest absolute Gasteiger partial charge is 0.503 e. The van der Waals surface area contributed by atoms with Gasteiger partial charge in [0.05, 0.1) is 17.8 Å². The van der Waals surface area contributed by atoms with Crippen LogP contribution in [0.25, 0.3) is 0 Å². The minimum atomic E-state index is -0.898. The summed E-state index contributed by atoms with van der Waals surface area (Å²) >= 11 is 3.19. The minimum Gasteiger partial charge on any atom is -0.503 e. The fourth-order valence-corrected chi connectivity index (χ4v) is 2.73. The normalized spacial score (nSPS) is 10.6. The first-order valence-corrected chi connectivity index (χ1v) is 8.38. The number of anilines is 1. The van der Waals surface area contributed by atoms with E-state index >= 15 is 0 Å². The monoisotopic (exact) mass is 419 g/mol. The lowest BCUT2D eigenvalue weighted by Gasteiger charge is -2.07. The summed E-state index contributed by atoms with van der Waals surface area (Å²) in [7, 11) is 1.42. The molecule has 0 atom stereocenters. The lowest BCUT2D eigenvalue weighted by atomic mass is 10.1. The molecule has 0 aliphatic rings. The maximum Gasteiger partial charge on any atom is 0.329 e. The van der Waals surface area contributed by atoms with Gasteiger partial charge in [-0.25, -0.2) is 5.43 Å². The molecule has 0 aromatic heterocycles. The maximum absolute atomic E-state index is 11.9. The molecule has 8 heteroatoms. The average molecular weight is 420 g/mol. The van der Waals surface area contributed by atoms with Gasteiger partial charge in [-0.1, -0.05) is 6.07 Å². The number of carbonyl (C=O) groups is 2. The van der Waals surface area contributed by atoms with Gasteiger partial charge in [-0.2, -0.15) is 5.10 Å². The summed E-state index contributed by atoms with van der Waals surface area (Å²) in [6.45, 7) is 3.80. The van der Waals surface area contributed by atoms with Crippen LogP contribution < -0.4 is 15.5 Å². The standard InChI is InChI=1S/C18H18BrN3O4/c1-10-4-11(2)6-13(5-10)21-17(24)18(25)22-20-9-12-7-14(19)16(23)15(8-12)26-3/h4-9,23H,1-3H3,(H,21,24)(H,22,25)/b20-9+. The third-order valence-corrected chi connectivity index (χ3v) is 3.94. The molecule has 0 unspecified atom stereocenters. The Morgan fingerprint density at radius 3 is 2.38 bits per heavy atom. The van der Waals surface area contributed by atoms with Crippen molar-refractivity contribution in [3.8, 4) is 11.5 Å². The topological polar surface area (TPSA) is 100 Å². The Kier molecular flexibility index (Phi) is 6.35. The zero-order valence-electron chi connectivity index (χ0n) is 14.5. The van der Waals surface area contributed by atoms with Gasteiger partial charge in [-0.15, -0.1) is 0 Å². The third kappa shape index (κ3) is 5.06. The Bertz CT molecular complexity index is 861. The molecular weight excluding hydrogens is 402 g/mol. The number of benzene rings is 2. The number of halogens is 1. The number of amides is 2. The van der Waals surface area contributed by atoms with Gasteiger partial charge in [0, 0.05) is 5.69 Å². The minimum absolute atomic E-state index is 0.0403. The zero-order chi connectivity index (χ0) is 19.3. The number of phenols is 1. The predicted octanol–water partition coefficient (Wildman–Crippen LogP) is 2.87. The zero-order valence-corrected chi connectivity index (χ0v) is 16.0. The van der Waals surface area contributed by atoms with Crippen molar-refractivity contribution >= 4 is 39.6 Å². The highest BCUT2D eigenvalue weighted by Gasteiger charge is 2.13. The van der Waals surface area contributed by atoms with Crippen molar-refractivity contribution in [1.82, 2.24) is 5.43 Å². The Morgan fingerprint density at radius 2 is 1.77 bits per heavy atom. The average Bonchev–Trinajstić information content (AvgIpc) is 2.56. The van der Waals surface area contributed by atoms with Crippen LogP contribution in [0.4, 0.5) is 5.69 Å². The van der Waals surface area contributed by atoms with E-state index in [9.17, 15) is 14.7 Å². The highest BCUT2D eigenvalue weighted by atomic mass is 79.9. The van der Waals surface area contributed by atoms with E-state index < -0.39 is 11.8 Å². The van der Waals surface area contributed by atoms with Gasteiger partial charge in [0.25, 0.3) is 0 Å². The number of ether oxygens (including phenoxy) is 1. The molecule has 136 valence electrons. The van der Waals surface area contributed by atoms with E-state index in [1.165, 1.54) is 19.4 Å². The highest BCUT2D eigenvalue weighted by Crippen LogP contribution is 2.34. The molecule has 7 nitrogen and oxygen atoms in total. The summed E-state index contributed by atoms with van der Waals surface area (Å²) in [6.07, 6.45) is 1.33.